The SMILES string of the molecule is CC1CCNC1C(=O)Nc1cccc(C2OCCO2)c1. The summed E-state index contributed by atoms with van der Waals surface area (Å²) in [6, 6.07) is 7.55. The van der Waals surface area contributed by atoms with Crippen molar-refractivity contribution in [1.82, 2.24) is 5.32 Å². The Hall–Kier alpha value is -1.43. The first-order valence-corrected chi connectivity index (χ1v) is 7.11. The fourth-order valence-electron chi connectivity index (χ4n) is 2.72. The van der Waals surface area contributed by atoms with Crippen molar-refractivity contribution in [3.8, 4) is 0 Å². The number of hydrogen-bond acceptors (Lipinski definition) is 4. The average molecular weight is 276 g/mol. The van der Waals surface area contributed by atoms with Crippen LogP contribution < -0.4 is 10.6 Å². The Morgan fingerprint density at radius 3 is 2.85 bits per heavy atom. The van der Waals surface area contributed by atoms with Gasteiger partial charge in [0, 0.05) is 11.3 Å². The number of amides is 1. The van der Waals surface area contributed by atoms with Crippen molar-refractivity contribution in [3.63, 3.8) is 0 Å². The van der Waals surface area contributed by atoms with Crippen molar-refractivity contribution in [1.29, 1.82) is 0 Å². The van der Waals surface area contributed by atoms with Gasteiger partial charge in [0.15, 0.2) is 6.29 Å². The van der Waals surface area contributed by atoms with Crippen LogP contribution in [0.5, 0.6) is 0 Å². The summed E-state index contributed by atoms with van der Waals surface area (Å²) in [7, 11) is 0. The van der Waals surface area contributed by atoms with E-state index in [4.69, 9.17) is 9.47 Å². The second-order valence-corrected chi connectivity index (χ2v) is 5.39. The molecule has 20 heavy (non-hydrogen) atoms. The lowest BCUT2D eigenvalue weighted by molar-refractivity contribution is -0.118. The van der Waals surface area contributed by atoms with E-state index in [0.29, 0.717) is 19.1 Å². The van der Waals surface area contributed by atoms with E-state index in [1.54, 1.807) is 0 Å². The summed E-state index contributed by atoms with van der Waals surface area (Å²) in [6.07, 6.45) is 0.734. The van der Waals surface area contributed by atoms with Gasteiger partial charge >= 0.3 is 0 Å². The number of rotatable bonds is 3. The number of ether oxygens (including phenoxy) is 2. The fraction of sp³-hybridized carbons (Fsp3) is 0.533. The molecule has 0 bridgehead atoms. The lowest BCUT2D eigenvalue weighted by atomic mass is 10.0. The van der Waals surface area contributed by atoms with Crippen LogP contribution in [-0.2, 0) is 14.3 Å². The van der Waals surface area contributed by atoms with Gasteiger partial charge in [-0.3, -0.25) is 4.79 Å². The maximum atomic E-state index is 12.2. The van der Waals surface area contributed by atoms with Gasteiger partial charge in [0.05, 0.1) is 19.3 Å². The van der Waals surface area contributed by atoms with Gasteiger partial charge in [-0.25, -0.2) is 0 Å². The zero-order valence-electron chi connectivity index (χ0n) is 11.6. The van der Waals surface area contributed by atoms with Gasteiger partial charge in [0.2, 0.25) is 5.91 Å². The van der Waals surface area contributed by atoms with Gasteiger partial charge in [-0.2, -0.15) is 0 Å². The Morgan fingerprint density at radius 2 is 2.15 bits per heavy atom. The van der Waals surface area contributed by atoms with E-state index in [1.807, 2.05) is 24.3 Å². The molecule has 0 spiro atoms. The number of hydrogen-bond donors (Lipinski definition) is 2. The summed E-state index contributed by atoms with van der Waals surface area (Å²) < 4.78 is 10.9. The topological polar surface area (TPSA) is 59.6 Å². The van der Waals surface area contributed by atoms with Crippen molar-refractivity contribution in [2.45, 2.75) is 25.7 Å². The highest BCUT2D eigenvalue weighted by Crippen LogP contribution is 2.25. The maximum absolute atomic E-state index is 12.2. The number of carbonyl (C=O) groups is 1. The summed E-state index contributed by atoms with van der Waals surface area (Å²) >= 11 is 0. The zero-order chi connectivity index (χ0) is 13.9. The summed E-state index contributed by atoms with van der Waals surface area (Å²) in [5, 5.41) is 6.20. The summed E-state index contributed by atoms with van der Waals surface area (Å²) in [5.74, 6) is 0.403. The zero-order valence-corrected chi connectivity index (χ0v) is 11.6. The molecule has 2 saturated heterocycles. The molecule has 5 heteroatoms. The molecule has 0 saturated carbocycles. The summed E-state index contributed by atoms with van der Waals surface area (Å²) in [4.78, 5) is 12.2. The first kappa shape index (κ1) is 13.5. The third-order valence-electron chi connectivity index (χ3n) is 3.86. The number of carbonyl (C=O) groups excluding carboxylic acids is 1. The molecule has 5 nitrogen and oxygen atoms in total. The minimum atomic E-state index is -0.310. The molecule has 2 aliphatic rings. The van der Waals surface area contributed by atoms with Gasteiger partial charge in [-0.15, -0.1) is 0 Å². The highest BCUT2D eigenvalue weighted by atomic mass is 16.7. The fourth-order valence-corrected chi connectivity index (χ4v) is 2.72. The molecule has 0 aromatic heterocycles. The molecule has 2 unspecified atom stereocenters. The molecule has 108 valence electrons. The van der Waals surface area contributed by atoms with E-state index in [0.717, 1.165) is 24.2 Å². The molecule has 0 aliphatic carbocycles. The molecule has 0 radical (unpaired) electrons. The van der Waals surface area contributed by atoms with E-state index >= 15 is 0 Å². The van der Waals surface area contributed by atoms with Crippen molar-refractivity contribution in [2.75, 3.05) is 25.1 Å². The van der Waals surface area contributed by atoms with Gasteiger partial charge in [0.1, 0.15) is 0 Å². The predicted molar refractivity (Wildman–Crippen MR) is 75.3 cm³/mol. The summed E-state index contributed by atoms with van der Waals surface area (Å²) in [6.45, 7) is 4.24. The van der Waals surface area contributed by atoms with E-state index in [-0.39, 0.29) is 18.2 Å². The standard InChI is InChI=1S/C15H20N2O3/c1-10-5-6-16-13(10)14(18)17-12-4-2-3-11(9-12)15-19-7-8-20-15/h2-4,9-10,13,15-16H,5-8H2,1H3,(H,17,18). The van der Waals surface area contributed by atoms with Gasteiger partial charge in [-0.05, 0) is 31.0 Å². The minimum Gasteiger partial charge on any atom is -0.346 e. The lowest BCUT2D eigenvalue weighted by Crippen LogP contribution is -2.39. The van der Waals surface area contributed by atoms with Crippen molar-refractivity contribution >= 4 is 11.6 Å². The molecular weight excluding hydrogens is 256 g/mol. The smallest absolute Gasteiger partial charge is 0.241 e. The molecular formula is C15H20N2O3. The molecule has 1 aromatic rings. The molecule has 2 fully saturated rings. The first-order chi connectivity index (χ1) is 9.74. The Bertz CT molecular complexity index is 486. The van der Waals surface area contributed by atoms with Crippen molar-refractivity contribution in [2.24, 2.45) is 5.92 Å². The molecule has 2 atom stereocenters. The number of nitrogens with one attached hydrogen (secondary N) is 2. The molecule has 1 amide bonds. The van der Waals surface area contributed by atoms with Crippen LogP contribution in [0.15, 0.2) is 24.3 Å². The number of benzene rings is 1. The highest BCUT2D eigenvalue weighted by Gasteiger charge is 2.29. The largest absolute Gasteiger partial charge is 0.346 e. The third kappa shape index (κ3) is 2.85. The van der Waals surface area contributed by atoms with Crippen molar-refractivity contribution in [3.05, 3.63) is 29.8 Å². The highest BCUT2D eigenvalue weighted by molar-refractivity contribution is 5.95. The van der Waals surface area contributed by atoms with Crippen LogP contribution in [0.25, 0.3) is 0 Å². The summed E-state index contributed by atoms with van der Waals surface area (Å²) in [5.41, 5.74) is 1.72. The van der Waals surface area contributed by atoms with E-state index in [1.165, 1.54) is 0 Å². The Labute approximate surface area is 118 Å². The Kier molecular flexibility index (Phi) is 4.00. The van der Waals surface area contributed by atoms with Crippen molar-refractivity contribution < 1.29 is 14.3 Å². The second-order valence-electron chi connectivity index (χ2n) is 5.39. The van der Waals surface area contributed by atoms with Crippen LogP contribution in [0, 0.1) is 5.92 Å². The molecule has 2 aliphatic heterocycles. The van der Waals surface area contributed by atoms with Crippen LogP contribution in [0.4, 0.5) is 5.69 Å². The predicted octanol–water partition coefficient (Wildman–Crippen LogP) is 1.67. The number of anilines is 1. The van der Waals surface area contributed by atoms with Crippen LogP contribution in [0.1, 0.15) is 25.2 Å². The Balaban J connectivity index is 1.67. The molecule has 3 rings (SSSR count). The van der Waals surface area contributed by atoms with Gasteiger partial charge in [0.25, 0.3) is 0 Å². The van der Waals surface area contributed by atoms with E-state index < -0.39 is 0 Å². The van der Waals surface area contributed by atoms with Crippen LogP contribution in [0.3, 0.4) is 0 Å². The van der Waals surface area contributed by atoms with Crippen LogP contribution >= 0.6 is 0 Å². The van der Waals surface area contributed by atoms with Crippen LogP contribution in [0.2, 0.25) is 0 Å². The molecule has 1 aromatic carbocycles. The third-order valence-corrected chi connectivity index (χ3v) is 3.86. The second kappa shape index (κ2) is 5.91. The minimum absolute atomic E-state index is 0.0282. The van der Waals surface area contributed by atoms with Gasteiger partial charge < -0.3 is 20.1 Å². The van der Waals surface area contributed by atoms with E-state index in [9.17, 15) is 4.79 Å². The monoisotopic (exact) mass is 276 g/mol. The van der Waals surface area contributed by atoms with Gasteiger partial charge in [-0.1, -0.05) is 19.1 Å². The normalized spacial score (nSPS) is 26.9. The maximum Gasteiger partial charge on any atom is 0.241 e. The van der Waals surface area contributed by atoms with E-state index in [2.05, 4.69) is 17.6 Å². The average Bonchev–Trinajstić information content (AvgIpc) is 3.09. The lowest BCUT2D eigenvalue weighted by Gasteiger charge is -2.16. The van der Waals surface area contributed by atoms with Crippen LogP contribution in [-0.4, -0.2) is 31.7 Å². The molecule has 2 heterocycles. The Morgan fingerprint density at radius 1 is 1.35 bits per heavy atom. The molecule has 2 N–H and O–H groups in total. The quantitative estimate of drug-likeness (QED) is 0.881. The first-order valence-electron chi connectivity index (χ1n) is 7.11.